The number of rotatable bonds is 7. The lowest BCUT2D eigenvalue weighted by Crippen LogP contribution is -2.34. The molecule has 0 aliphatic carbocycles. The Morgan fingerprint density at radius 2 is 1.85 bits per heavy atom. The molecule has 3 rings (SSSR count). The predicted molar refractivity (Wildman–Crippen MR) is 101 cm³/mol. The van der Waals surface area contributed by atoms with Crippen molar-refractivity contribution in [2.75, 3.05) is 0 Å². The zero-order valence-electron chi connectivity index (χ0n) is 14.7. The summed E-state index contributed by atoms with van der Waals surface area (Å²) in [5.74, 6) is -0.0513. The van der Waals surface area contributed by atoms with Crippen LogP contribution in [0.1, 0.15) is 30.6 Å². The molecule has 134 valence electrons. The van der Waals surface area contributed by atoms with Crippen LogP contribution in [0.15, 0.2) is 73.1 Å². The molecule has 0 aliphatic rings. The summed E-state index contributed by atoms with van der Waals surface area (Å²) in [6.45, 7) is 1.91. The fourth-order valence-corrected chi connectivity index (χ4v) is 2.90. The van der Waals surface area contributed by atoms with Crippen LogP contribution in [0, 0.1) is 0 Å². The number of aliphatic hydroxyl groups excluding tert-OH is 1. The van der Waals surface area contributed by atoms with Crippen LogP contribution in [0.25, 0.3) is 5.69 Å². The third kappa shape index (κ3) is 4.80. The third-order valence-electron chi connectivity index (χ3n) is 4.24. The number of nitrogens with zero attached hydrogens (tertiary/aromatic N) is 2. The molecule has 5 heteroatoms. The SMILES string of the molecule is CC(CC(O)c1ccccc1)NC(=O)Cc1ccc(-n2cccn2)cc1. The van der Waals surface area contributed by atoms with Crippen LogP contribution < -0.4 is 5.32 Å². The zero-order chi connectivity index (χ0) is 18.4. The second-order valence-electron chi connectivity index (χ2n) is 6.42. The maximum Gasteiger partial charge on any atom is 0.224 e. The van der Waals surface area contributed by atoms with Gasteiger partial charge in [-0.3, -0.25) is 4.79 Å². The number of nitrogens with one attached hydrogen (secondary N) is 1. The maximum atomic E-state index is 12.2. The summed E-state index contributed by atoms with van der Waals surface area (Å²) < 4.78 is 1.77. The summed E-state index contributed by atoms with van der Waals surface area (Å²) in [4.78, 5) is 12.2. The second kappa shape index (κ2) is 8.45. The summed E-state index contributed by atoms with van der Waals surface area (Å²) in [6.07, 6.45) is 3.81. The number of carbonyl (C=O) groups excluding carboxylic acids is 1. The molecule has 0 saturated carbocycles. The van der Waals surface area contributed by atoms with E-state index in [0.717, 1.165) is 16.8 Å². The van der Waals surface area contributed by atoms with Crippen molar-refractivity contribution in [3.63, 3.8) is 0 Å². The largest absolute Gasteiger partial charge is 0.388 e. The number of benzene rings is 2. The molecule has 26 heavy (non-hydrogen) atoms. The molecular weight excluding hydrogens is 326 g/mol. The van der Waals surface area contributed by atoms with E-state index in [1.165, 1.54) is 0 Å². The minimum Gasteiger partial charge on any atom is -0.388 e. The number of aromatic nitrogens is 2. The molecule has 5 nitrogen and oxygen atoms in total. The smallest absolute Gasteiger partial charge is 0.224 e. The Morgan fingerprint density at radius 3 is 2.50 bits per heavy atom. The van der Waals surface area contributed by atoms with E-state index in [9.17, 15) is 9.90 Å². The number of aliphatic hydroxyl groups is 1. The monoisotopic (exact) mass is 349 g/mol. The van der Waals surface area contributed by atoms with E-state index in [2.05, 4.69) is 10.4 Å². The van der Waals surface area contributed by atoms with Crippen molar-refractivity contribution in [2.45, 2.75) is 31.9 Å². The first-order valence-electron chi connectivity index (χ1n) is 8.73. The first-order chi connectivity index (χ1) is 12.6. The minimum absolute atomic E-state index is 0.0513. The average Bonchev–Trinajstić information content (AvgIpc) is 3.17. The van der Waals surface area contributed by atoms with Crippen LogP contribution in [0.5, 0.6) is 0 Å². The van der Waals surface area contributed by atoms with Gasteiger partial charge in [0.25, 0.3) is 0 Å². The molecule has 0 aliphatic heterocycles. The van der Waals surface area contributed by atoms with Gasteiger partial charge in [0.2, 0.25) is 5.91 Å². The molecule has 2 unspecified atom stereocenters. The van der Waals surface area contributed by atoms with Gasteiger partial charge >= 0.3 is 0 Å². The summed E-state index contributed by atoms with van der Waals surface area (Å²) in [5.41, 5.74) is 2.76. The summed E-state index contributed by atoms with van der Waals surface area (Å²) >= 11 is 0. The minimum atomic E-state index is -0.583. The van der Waals surface area contributed by atoms with Crippen molar-refractivity contribution >= 4 is 5.91 Å². The average molecular weight is 349 g/mol. The second-order valence-corrected chi connectivity index (χ2v) is 6.42. The number of amides is 1. The number of carbonyl (C=O) groups is 1. The maximum absolute atomic E-state index is 12.2. The van der Waals surface area contributed by atoms with E-state index in [1.54, 1.807) is 10.9 Å². The van der Waals surface area contributed by atoms with Gasteiger partial charge in [-0.1, -0.05) is 42.5 Å². The van der Waals surface area contributed by atoms with Gasteiger partial charge in [-0.15, -0.1) is 0 Å². The molecule has 1 aromatic heterocycles. The lowest BCUT2D eigenvalue weighted by atomic mass is 10.0. The van der Waals surface area contributed by atoms with Crippen molar-refractivity contribution < 1.29 is 9.90 Å². The van der Waals surface area contributed by atoms with Crippen LogP contribution in [-0.2, 0) is 11.2 Å². The molecule has 3 aromatic rings. The van der Waals surface area contributed by atoms with Gasteiger partial charge in [0.05, 0.1) is 18.2 Å². The molecule has 2 atom stereocenters. The van der Waals surface area contributed by atoms with Crippen molar-refractivity contribution in [1.82, 2.24) is 15.1 Å². The van der Waals surface area contributed by atoms with Gasteiger partial charge < -0.3 is 10.4 Å². The molecular formula is C21H23N3O2. The highest BCUT2D eigenvalue weighted by atomic mass is 16.3. The van der Waals surface area contributed by atoms with E-state index in [4.69, 9.17) is 0 Å². The Kier molecular flexibility index (Phi) is 5.81. The summed E-state index contributed by atoms with van der Waals surface area (Å²) in [6, 6.07) is 19.0. The lowest BCUT2D eigenvalue weighted by molar-refractivity contribution is -0.121. The van der Waals surface area contributed by atoms with Gasteiger partial charge in [-0.25, -0.2) is 4.68 Å². The van der Waals surface area contributed by atoms with Crippen LogP contribution in [0.4, 0.5) is 0 Å². The first-order valence-corrected chi connectivity index (χ1v) is 8.73. The van der Waals surface area contributed by atoms with Crippen molar-refractivity contribution in [3.8, 4) is 5.69 Å². The van der Waals surface area contributed by atoms with Gasteiger partial charge in [0.1, 0.15) is 0 Å². The van der Waals surface area contributed by atoms with Crippen molar-refractivity contribution in [3.05, 3.63) is 84.2 Å². The molecule has 1 heterocycles. The predicted octanol–water partition coefficient (Wildman–Crippen LogP) is 3.04. The topological polar surface area (TPSA) is 67.2 Å². The highest BCUT2D eigenvalue weighted by molar-refractivity contribution is 5.78. The highest BCUT2D eigenvalue weighted by Crippen LogP contribution is 2.17. The zero-order valence-corrected chi connectivity index (χ0v) is 14.7. The van der Waals surface area contributed by atoms with Crippen LogP contribution in [-0.4, -0.2) is 26.8 Å². The van der Waals surface area contributed by atoms with Crippen molar-refractivity contribution in [2.24, 2.45) is 0 Å². The van der Waals surface area contributed by atoms with Gasteiger partial charge in [-0.2, -0.15) is 5.10 Å². The molecule has 1 amide bonds. The van der Waals surface area contributed by atoms with Crippen molar-refractivity contribution in [1.29, 1.82) is 0 Å². The van der Waals surface area contributed by atoms with Gasteiger partial charge in [0, 0.05) is 18.4 Å². The van der Waals surface area contributed by atoms with Crippen LogP contribution in [0.2, 0.25) is 0 Å². The molecule has 2 aromatic carbocycles. The third-order valence-corrected chi connectivity index (χ3v) is 4.24. The normalized spacial score (nSPS) is 13.2. The number of hydrogen-bond acceptors (Lipinski definition) is 3. The van der Waals surface area contributed by atoms with Gasteiger partial charge in [0.15, 0.2) is 0 Å². The quantitative estimate of drug-likeness (QED) is 0.689. The summed E-state index contributed by atoms with van der Waals surface area (Å²) in [7, 11) is 0. The molecule has 0 saturated heterocycles. The van der Waals surface area contributed by atoms with E-state index in [1.807, 2.05) is 73.8 Å². The number of hydrogen-bond donors (Lipinski definition) is 2. The molecule has 2 N–H and O–H groups in total. The highest BCUT2D eigenvalue weighted by Gasteiger charge is 2.14. The standard InChI is InChI=1S/C21H23N3O2/c1-16(14-20(25)18-6-3-2-4-7-18)23-21(26)15-17-8-10-19(11-9-17)24-13-5-12-22-24/h2-13,16,20,25H,14-15H2,1H3,(H,23,26). The Bertz CT molecular complexity index is 814. The molecule has 0 radical (unpaired) electrons. The Hall–Kier alpha value is -2.92. The fraction of sp³-hybridized carbons (Fsp3) is 0.238. The Morgan fingerprint density at radius 1 is 1.12 bits per heavy atom. The Labute approximate surface area is 153 Å². The summed E-state index contributed by atoms with van der Waals surface area (Å²) in [5, 5.41) is 17.4. The van der Waals surface area contributed by atoms with E-state index in [0.29, 0.717) is 12.8 Å². The van der Waals surface area contributed by atoms with Crippen LogP contribution >= 0.6 is 0 Å². The van der Waals surface area contributed by atoms with E-state index >= 15 is 0 Å². The van der Waals surface area contributed by atoms with E-state index < -0.39 is 6.10 Å². The molecule has 0 spiro atoms. The Balaban J connectivity index is 1.50. The van der Waals surface area contributed by atoms with Gasteiger partial charge in [-0.05, 0) is 42.7 Å². The lowest BCUT2D eigenvalue weighted by Gasteiger charge is -2.18. The van der Waals surface area contributed by atoms with Crippen LogP contribution in [0.3, 0.4) is 0 Å². The first kappa shape index (κ1) is 17.9. The van der Waals surface area contributed by atoms with E-state index in [-0.39, 0.29) is 11.9 Å². The molecule has 0 fully saturated rings. The molecule has 0 bridgehead atoms. The fourth-order valence-electron chi connectivity index (χ4n) is 2.90.